The van der Waals surface area contributed by atoms with Crippen LogP contribution in [0.3, 0.4) is 0 Å². The maximum absolute atomic E-state index is 3.53. The van der Waals surface area contributed by atoms with Crippen LogP contribution in [0.2, 0.25) is 9.36 Å². The van der Waals surface area contributed by atoms with Crippen molar-refractivity contribution in [3.63, 3.8) is 0 Å². The first kappa shape index (κ1) is 33.5. The molecule has 3 aliphatic rings. The van der Waals surface area contributed by atoms with Gasteiger partial charge >= 0.3 is 327 Å². The average molecular weight is 859 g/mol. The molecule has 0 radical (unpaired) electrons. The molecule has 0 N–H and O–H groups in total. The molecule has 260 valence electrons. The summed E-state index contributed by atoms with van der Waals surface area (Å²) in [6.07, 6.45) is 0.926. The van der Waals surface area contributed by atoms with Gasteiger partial charge in [0.2, 0.25) is 0 Å². The Balaban J connectivity index is 1.29. The van der Waals surface area contributed by atoms with E-state index in [1.807, 2.05) is 0 Å². The molecule has 10 rings (SSSR count). The Bertz CT molecular complexity index is 2420. The summed E-state index contributed by atoms with van der Waals surface area (Å²) in [5, 5.41) is 0. The SMILES string of the molecule is CC1(Cc2ccccc2)C2=C(c3ccc(-c4ccccc4)cc3)[CH](c3ccccc32)[Hf]([CH3])([CH3])[CH]2C(c3ccc(-c4ccccc4)cc3)=C1c1ccccc12. The van der Waals surface area contributed by atoms with Crippen molar-refractivity contribution in [1.29, 1.82) is 0 Å². The van der Waals surface area contributed by atoms with Crippen molar-refractivity contribution in [2.75, 3.05) is 0 Å². The zero-order chi connectivity index (χ0) is 36.4. The molecule has 54 heavy (non-hydrogen) atoms. The fourth-order valence-electron chi connectivity index (χ4n) is 10.6. The summed E-state index contributed by atoms with van der Waals surface area (Å²) in [6, 6.07) is 71.2. The van der Waals surface area contributed by atoms with Crippen LogP contribution >= 0.6 is 0 Å². The monoisotopic (exact) mass is 860 g/mol. The molecule has 0 amide bonds. The maximum atomic E-state index is 2.78. The third-order valence-corrected chi connectivity index (χ3v) is 27.8. The molecule has 1 heteroatoms. The molecule has 1 heterocycles. The van der Waals surface area contributed by atoms with E-state index in [1.54, 1.807) is 22.3 Å². The molecule has 0 spiro atoms. The quantitative estimate of drug-likeness (QED) is 0.146. The number of hydrogen-bond donors (Lipinski definition) is 0. The summed E-state index contributed by atoms with van der Waals surface area (Å²) in [5.41, 5.74) is 21.2. The number of hydrogen-bond acceptors (Lipinski definition) is 0. The molecule has 2 aliphatic carbocycles. The molecule has 0 saturated carbocycles. The van der Waals surface area contributed by atoms with Gasteiger partial charge in [0.1, 0.15) is 0 Å². The van der Waals surface area contributed by atoms with Gasteiger partial charge in [0, 0.05) is 0 Å². The fraction of sp³-hybridized carbons (Fsp3) is 0.132. The first-order valence-electron chi connectivity index (χ1n) is 19.5. The summed E-state index contributed by atoms with van der Waals surface area (Å²) in [6.45, 7) is 2.59. The second-order valence-corrected chi connectivity index (χ2v) is 33.6. The van der Waals surface area contributed by atoms with E-state index in [0.29, 0.717) is 7.35 Å². The minimum atomic E-state index is -3.53. The standard InChI is InChI=1S/C51H38.2CH3.Hf/c1-51(35-36-15-5-2-6-16-36,49-45-23-13-11-21-43(45)33-47(49)41-29-25-39(26-30-41)37-17-7-3-8-18-37)50-46-24-14-12-22-44(46)34-48(50)42-31-27-40(28-32-42)38-19-9-4-10-20-38;;;/h2-34H,35H2,1H3;2*1H3;. The van der Waals surface area contributed by atoms with Gasteiger partial charge in [-0.25, -0.2) is 0 Å². The van der Waals surface area contributed by atoms with Gasteiger partial charge < -0.3 is 0 Å². The minimum absolute atomic E-state index is 0.303. The number of fused-ring (bicyclic) bond motifs is 8. The molecule has 0 aromatic heterocycles. The molecular formula is C53H44Hf. The average Bonchev–Trinajstić information content (AvgIpc) is 3.79. The Morgan fingerprint density at radius 2 is 0.722 bits per heavy atom. The predicted octanol–water partition coefficient (Wildman–Crippen LogP) is 14.2. The van der Waals surface area contributed by atoms with Crippen LogP contribution in [-0.4, -0.2) is 0 Å². The Morgan fingerprint density at radius 3 is 1.15 bits per heavy atom. The molecule has 2 unspecified atom stereocenters. The van der Waals surface area contributed by atoms with E-state index in [4.69, 9.17) is 0 Å². The zero-order valence-electron chi connectivity index (χ0n) is 31.3. The molecular weight excluding hydrogens is 815 g/mol. The van der Waals surface area contributed by atoms with Crippen LogP contribution in [0.15, 0.2) is 188 Å². The second-order valence-electron chi connectivity index (χ2n) is 16.3. The summed E-state index contributed by atoms with van der Waals surface area (Å²) in [4.78, 5) is 0. The van der Waals surface area contributed by atoms with E-state index in [0.717, 1.165) is 6.42 Å². The number of benzene rings is 7. The van der Waals surface area contributed by atoms with Crippen molar-refractivity contribution in [3.05, 3.63) is 227 Å². The van der Waals surface area contributed by atoms with Crippen LogP contribution in [0.5, 0.6) is 0 Å². The van der Waals surface area contributed by atoms with Gasteiger partial charge in [-0.3, -0.25) is 0 Å². The van der Waals surface area contributed by atoms with Crippen molar-refractivity contribution in [1.82, 2.24) is 0 Å². The topological polar surface area (TPSA) is 0 Å². The van der Waals surface area contributed by atoms with Gasteiger partial charge in [0.05, 0.1) is 0 Å². The predicted molar refractivity (Wildman–Crippen MR) is 226 cm³/mol. The summed E-state index contributed by atoms with van der Waals surface area (Å²) in [7, 11) is 0. The van der Waals surface area contributed by atoms with Crippen LogP contribution < -0.4 is 0 Å². The summed E-state index contributed by atoms with van der Waals surface area (Å²) in [5.74, 6) is 0. The van der Waals surface area contributed by atoms with Gasteiger partial charge in [-0.05, 0) is 0 Å². The second kappa shape index (κ2) is 13.0. The Labute approximate surface area is 324 Å². The van der Waals surface area contributed by atoms with Crippen molar-refractivity contribution >= 4 is 22.3 Å². The molecule has 1 aliphatic heterocycles. The van der Waals surface area contributed by atoms with E-state index < -0.39 is 20.0 Å². The van der Waals surface area contributed by atoms with E-state index >= 15 is 0 Å². The first-order chi connectivity index (χ1) is 26.4. The van der Waals surface area contributed by atoms with Crippen molar-refractivity contribution < 1.29 is 20.0 Å². The van der Waals surface area contributed by atoms with E-state index in [9.17, 15) is 0 Å². The van der Waals surface area contributed by atoms with E-state index in [1.165, 1.54) is 61.2 Å². The normalized spacial score (nSPS) is 20.6. The number of rotatable bonds is 6. The summed E-state index contributed by atoms with van der Waals surface area (Å²) < 4.78 is 6.38. The van der Waals surface area contributed by atoms with Crippen LogP contribution in [0.25, 0.3) is 44.5 Å². The number of allylic oxidation sites excluding steroid dienone is 4. The van der Waals surface area contributed by atoms with Crippen LogP contribution in [0.1, 0.15) is 53.2 Å². The van der Waals surface area contributed by atoms with Crippen LogP contribution in [0.4, 0.5) is 0 Å². The van der Waals surface area contributed by atoms with Crippen molar-refractivity contribution in [3.8, 4) is 22.3 Å². The molecule has 7 aromatic rings. The molecule has 0 saturated heterocycles. The summed E-state index contributed by atoms with van der Waals surface area (Å²) >= 11 is -3.53. The molecule has 0 nitrogen and oxygen atoms in total. The Hall–Kier alpha value is -5.11. The van der Waals surface area contributed by atoms with Crippen molar-refractivity contribution in [2.24, 2.45) is 5.41 Å². The van der Waals surface area contributed by atoms with Crippen LogP contribution in [-0.2, 0) is 26.4 Å². The molecule has 0 fully saturated rings. The third kappa shape index (κ3) is 5.19. The van der Waals surface area contributed by atoms with Gasteiger partial charge in [-0.1, -0.05) is 0 Å². The molecule has 2 atom stereocenters. The Kier molecular flexibility index (Phi) is 8.07. The van der Waals surface area contributed by atoms with Gasteiger partial charge in [-0.2, -0.15) is 0 Å². The van der Waals surface area contributed by atoms with Crippen LogP contribution in [0, 0.1) is 5.41 Å². The third-order valence-electron chi connectivity index (χ3n) is 12.8. The fourth-order valence-corrected chi connectivity index (χ4v) is 27.0. The molecule has 4 bridgehead atoms. The van der Waals surface area contributed by atoms with E-state index in [2.05, 4.69) is 204 Å². The van der Waals surface area contributed by atoms with E-state index in [-0.39, 0.29) is 5.41 Å². The van der Waals surface area contributed by atoms with Gasteiger partial charge in [0.25, 0.3) is 0 Å². The van der Waals surface area contributed by atoms with Gasteiger partial charge in [0.15, 0.2) is 0 Å². The molecule has 7 aromatic carbocycles. The van der Waals surface area contributed by atoms with Gasteiger partial charge in [-0.15, -0.1) is 0 Å². The van der Waals surface area contributed by atoms with Crippen molar-refractivity contribution in [2.45, 2.75) is 30.1 Å². The Morgan fingerprint density at radius 1 is 0.389 bits per heavy atom. The first-order valence-corrected chi connectivity index (χ1v) is 30.8. The zero-order valence-corrected chi connectivity index (χ0v) is 34.9.